The molecule has 1 aromatic rings. The molecule has 0 bridgehead atoms. The highest BCUT2D eigenvalue weighted by Gasteiger charge is 2.25. The van der Waals surface area contributed by atoms with Gasteiger partial charge in [0.05, 0.1) is 25.3 Å². The van der Waals surface area contributed by atoms with Gasteiger partial charge < -0.3 is 19.5 Å². The summed E-state index contributed by atoms with van der Waals surface area (Å²) in [7, 11) is -0.558. The van der Waals surface area contributed by atoms with Gasteiger partial charge in [-0.3, -0.25) is 5.32 Å². The third-order valence-electron chi connectivity index (χ3n) is 4.06. The van der Waals surface area contributed by atoms with Crippen molar-refractivity contribution in [2.24, 2.45) is 0 Å². The first-order valence-corrected chi connectivity index (χ1v) is 11.2. The van der Waals surface area contributed by atoms with E-state index in [1.165, 1.54) is 11.4 Å². The van der Waals surface area contributed by atoms with Crippen LogP contribution in [0.5, 0.6) is 5.75 Å². The molecule has 0 aliphatic rings. The Morgan fingerprint density at radius 1 is 1.13 bits per heavy atom. The lowest BCUT2D eigenvalue weighted by molar-refractivity contribution is 0.0524. The maximum Gasteiger partial charge on any atom is 0.407 e. The normalized spacial score (nSPS) is 12.1. The molecule has 0 heterocycles. The van der Waals surface area contributed by atoms with Crippen molar-refractivity contribution in [2.75, 3.05) is 47.1 Å². The van der Waals surface area contributed by atoms with Crippen LogP contribution in [0.25, 0.3) is 0 Å². The number of carbonyl (C=O) groups excluding carboxylic acids is 1. The largest absolute Gasteiger partial charge is 0.497 e. The summed E-state index contributed by atoms with van der Waals surface area (Å²) in [6.45, 7) is 10.5. The summed E-state index contributed by atoms with van der Waals surface area (Å²) in [4.78, 5) is 11.8. The van der Waals surface area contributed by atoms with Crippen LogP contribution in [0.15, 0.2) is 17.0 Å². The van der Waals surface area contributed by atoms with E-state index in [0.717, 1.165) is 0 Å². The van der Waals surface area contributed by atoms with E-state index in [1.54, 1.807) is 53.9 Å². The summed E-state index contributed by atoms with van der Waals surface area (Å²) in [5, 5.41) is 5.63. The molecule has 0 fully saturated rings. The predicted octanol–water partition coefficient (Wildman–Crippen LogP) is 2.02. The lowest BCUT2D eigenvalue weighted by Gasteiger charge is -2.21. The zero-order valence-corrected chi connectivity index (χ0v) is 19.8. The number of nitrogens with one attached hydrogen (secondary N) is 2. The Bertz CT molecular complexity index is 782. The number of nitrogens with zero attached hydrogens (tertiary/aromatic N) is 1. The molecule has 0 aliphatic carbocycles. The number of carbonyl (C=O) groups is 1. The molecule has 1 aromatic carbocycles. The molecule has 0 aliphatic heterocycles. The van der Waals surface area contributed by atoms with E-state index in [0.29, 0.717) is 30.0 Å². The van der Waals surface area contributed by atoms with Crippen LogP contribution >= 0.6 is 0 Å². The average Bonchev–Trinajstić information content (AvgIpc) is 2.61. The molecule has 0 saturated heterocycles. The molecule has 10 heteroatoms. The molecule has 30 heavy (non-hydrogen) atoms. The highest BCUT2D eigenvalue weighted by molar-refractivity contribution is 7.89. The lowest BCUT2D eigenvalue weighted by atomic mass is 10.1. The van der Waals surface area contributed by atoms with Gasteiger partial charge in [-0.15, -0.1) is 0 Å². The number of methoxy groups -OCH3 is 1. The highest BCUT2D eigenvalue weighted by Crippen LogP contribution is 2.27. The second-order valence-corrected chi connectivity index (χ2v) is 9.88. The number of ether oxygens (including phenoxy) is 3. The molecule has 172 valence electrons. The van der Waals surface area contributed by atoms with Gasteiger partial charge in [0.25, 0.3) is 0 Å². The van der Waals surface area contributed by atoms with Gasteiger partial charge >= 0.3 is 6.09 Å². The number of benzene rings is 1. The molecule has 0 atom stereocenters. The highest BCUT2D eigenvalue weighted by atomic mass is 32.2. The van der Waals surface area contributed by atoms with E-state index in [2.05, 4.69) is 10.6 Å². The quantitative estimate of drug-likeness (QED) is 0.396. The standard InChI is InChI=1S/C20H35N3O6S/c1-15-12-17(27-7)13-16(2)18(15)30(25,26)23(6)10-11-28-14-21-8-9-22-19(24)29-20(3,4)5/h12-13,21H,8-11,14H2,1-7H3,(H,22,24). The minimum Gasteiger partial charge on any atom is -0.497 e. The zero-order valence-electron chi connectivity index (χ0n) is 19.0. The Morgan fingerprint density at radius 2 is 1.73 bits per heavy atom. The maximum atomic E-state index is 12.9. The van der Waals surface area contributed by atoms with Gasteiger partial charge in [0.2, 0.25) is 10.0 Å². The van der Waals surface area contributed by atoms with E-state index < -0.39 is 21.7 Å². The molecule has 0 unspecified atom stereocenters. The molecule has 1 rings (SSSR count). The first-order chi connectivity index (χ1) is 13.9. The fraction of sp³-hybridized carbons (Fsp3) is 0.650. The minimum absolute atomic E-state index is 0.213. The van der Waals surface area contributed by atoms with Crippen molar-refractivity contribution in [1.29, 1.82) is 0 Å². The van der Waals surface area contributed by atoms with Crippen LogP contribution in [-0.4, -0.2) is 71.5 Å². The van der Waals surface area contributed by atoms with E-state index in [4.69, 9.17) is 14.2 Å². The van der Waals surface area contributed by atoms with E-state index in [-0.39, 0.29) is 24.8 Å². The SMILES string of the molecule is COc1cc(C)c(S(=O)(=O)N(C)CCOCNCCNC(=O)OC(C)(C)C)c(C)c1. The summed E-state index contributed by atoms with van der Waals surface area (Å²) in [6.07, 6.45) is -0.471. The van der Waals surface area contributed by atoms with Gasteiger partial charge in [0, 0.05) is 26.7 Å². The maximum absolute atomic E-state index is 12.9. The van der Waals surface area contributed by atoms with Crippen LogP contribution in [0.2, 0.25) is 0 Å². The van der Waals surface area contributed by atoms with E-state index >= 15 is 0 Å². The van der Waals surface area contributed by atoms with Crippen molar-refractivity contribution in [1.82, 2.24) is 14.9 Å². The number of hydrogen-bond donors (Lipinski definition) is 2. The Balaban J connectivity index is 2.36. The first kappa shape index (κ1) is 26.2. The van der Waals surface area contributed by atoms with Crippen molar-refractivity contribution in [3.8, 4) is 5.75 Å². The third-order valence-corrected chi connectivity index (χ3v) is 6.23. The zero-order chi connectivity index (χ0) is 22.9. The number of hydrogen-bond acceptors (Lipinski definition) is 7. The smallest absolute Gasteiger partial charge is 0.407 e. The first-order valence-electron chi connectivity index (χ1n) is 9.75. The number of likely N-dealkylation sites (N-methyl/N-ethyl adjacent to an activating group) is 1. The van der Waals surface area contributed by atoms with Crippen LogP contribution in [-0.2, 0) is 19.5 Å². The molecule has 0 aromatic heterocycles. The molecule has 2 N–H and O–H groups in total. The van der Waals surface area contributed by atoms with Crippen LogP contribution in [0.4, 0.5) is 4.79 Å². The summed E-state index contributed by atoms with van der Waals surface area (Å²) in [5.74, 6) is 0.627. The Kier molecular flexibility index (Phi) is 10.0. The molecular formula is C20H35N3O6S. The summed E-state index contributed by atoms with van der Waals surface area (Å²) in [5.41, 5.74) is 0.744. The second-order valence-electron chi connectivity index (χ2n) is 7.90. The predicted molar refractivity (Wildman–Crippen MR) is 115 cm³/mol. The molecule has 1 amide bonds. The van der Waals surface area contributed by atoms with Crippen molar-refractivity contribution in [3.63, 3.8) is 0 Å². The summed E-state index contributed by atoms with van der Waals surface area (Å²) < 4.78 is 42.8. The average molecular weight is 446 g/mol. The number of sulfonamides is 1. The van der Waals surface area contributed by atoms with E-state index in [9.17, 15) is 13.2 Å². The van der Waals surface area contributed by atoms with Crippen molar-refractivity contribution in [3.05, 3.63) is 23.3 Å². The van der Waals surface area contributed by atoms with Crippen LogP contribution in [0.1, 0.15) is 31.9 Å². The fourth-order valence-electron chi connectivity index (χ4n) is 2.69. The second kappa shape index (κ2) is 11.5. The summed E-state index contributed by atoms with van der Waals surface area (Å²) in [6, 6.07) is 3.42. The van der Waals surface area contributed by atoms with Gasteiger partial charge in [-0.25, -0.2) is 13.2 Å². The monoisotopic (exact) mass is 445 g/mol. The van der Waals surface area contributed by atoms with Gasteiger partial charge in [-0.05, 0) is 57.9 Å². The topological polar surface area (TPSA) is 106 Å². The third kappa shape index (κ3) is 8.47. The number of amides is 1. The van der Waals surface area contributed by atoms with Gasteiger partial charge in [-0.2, -0.15) is 4.31 Å². The molecule has 0 spiro atoms. The molecule has 0 radical (unpaired) electrons. The molecule has 9 nitrogen and oxygen atoms in total. The van der Waals surface area contributed by atoms with Crippen molar-refractivity contribution >= 4 is 16.1 Å². The van der Waals surface area contributed by atoms with Crippen molar-refractivity contribution in [2.45, 2.75) is 45.1 Å². The van der Waals surface area contributed by atoms with Crippen LogP contribution in [0, 0.1) is 13.8 Å². The number of aryl methyl sites for hydroxylation is 2. The number of alkyl carbamates (subject to hydrolysis) is 1. The Morgan fingerprint density at radius 3 is 2.27 bits per heavy atom. The van der Waals surface area contributed by atoms with Crippen LogP contribution < -0.4 is 15.4 Å². The van der Waals surface area contributed by atoms with Crippen LogP contribution in [0.3, 0.4) is 0 Å². The minimum atomic E-state index is -3.64. The Hall–Kier alpha value is -1.88. The molecule has 0 saturated carbocycles. The summed E-state index contributed by atoms with van der Waals surface area (Å²) >= 11 is 0. The fourth-order valence-corrected chi connectivity index (χ4v) is 4.25. The van der Waals surface area contributed by atoms with E-state index in [1.807, 2.05) is 0 Å². The van der Waals surface area contributed by atoms with Gasteiger partial charge in [-0.1, -0.05) is 0 Å². The lowest BCUT2D eigenvalue weighted by Crippen LogP contribution is -2.37. The Labute approximate surface area is 180 Å². The van der Waals surface area contributed by atoms with Gasteiger partial charge in [0.15, 0.2) is 0 Å². The molecular weight excluding hydrogens is 410 g/mol. The number of rotatable bonds is 11. The van der Waals surface area contributed by atoms with Gasteiger partial charge in [0.1, 0.15) is 11.4 Å². The van der Waals surface area contributed by atoms with Crippen molar-refractivity contribution < 1.29 is 27.4 Å².